The van der Waals surface area contributed by atoms with Gasteiger partial charge in [0, 0.05) is 0 Å². The smallest absolute Gasteiger partial charge is 0.200 e. The fourth-order valence-electron chi connectivity index (χ4n) is 6.02. The number of rotatable bonds is 8. The van der Waals surface area contributed by atoms with Gasteiger partial charge in [-0.2, -0.15) is 0 Å². The molecule has 3 aliphatic heterocycles. The van der Waals surface area contributed by atoms with E-state index in [1.54, 1.807) is 18.2 Å². The summed E-state index contributed by atoms with van der Waals surface area (Å²) in [4.78, 5) is 12.4. The largest absolute Gasteiger partial charge is 0.502 e. The van der Waals surface area contributed by atoms with E-state index in [0.29, 0.717) is 29.4 Å². The number of aliphatic hydroxyl groups is 2. The fourth-order valence-corrected chi connectivity index (χ4v) is 7.89. The minimum absolute atomic E-state index is 0.0394. The molecule has 1 aliphatic carbocycles. The maximum Gasteiger partial charge on any atom is 0.200 e. The third-order valence-corrected chi connectivity index (χ3v) is 11.2. The van der Waals surface area contributed by atoms with Crippen LogP contribution in [0.25, 0.3) is 0 Å². The Kier molecular flexibility index (Phi) is 9.77. The summed E-state index contributed by atoms with van der Waals surface area (Å²) in [7, 11) is 2.99. The van der Waals surface area contributed by atoms with Crippen molar-refractivity contribution in [1.29, 1.82) is 0 Å². The number of aliphatic hydroxyl groups excluding tert-OH is 2. The summed E-state index contributed by atoms with van der Waals surface area (Å²) in [6.07, 6.45) is -3.15. The van der Waals surface area contributed by atoms with E-state index in [-0.39, 0.29) is 49.5 Å². The Morgan fingerprint density at radius 3 is 2.47 bits per heavy atom. The summed E-state index contributed by atoms with van der Waals surface area (Å²) in [6, 6.07) is 12.7. The van der Waals surface area contributed by atoms with Crippen molar-refractivity contribution in [2.75, 3.05) is 34.2 Å². The zero-order valence-corrected chi connectivity index (χ0v) is 27.3. The molecule has 1 aromatic heterocycles. The third-order valence-electron chi connectivity index (χ3n) is 8.61. The van der Waals surface area contributed by atoms with Crippen molar-refractivity contribution in [2.45, 2.75) is 44.2 Å². The number of benzene rings is 2. The number of carbonyl (C=O) groups is 1. The number of aromatic hydroxyl groups is 1. The minimum atomic E-state index is -0.956. The molecule has 13 heteroatoms. The number of phenols is 1. The number of ether oxygens (including phenoxy) is 8. The van der Waals surface area contributed by atoms with E-state index < -0.39 is 51.3 Å². The molecule has 8 atom stereocenters. The third kappa shape index (κ3) is 6.49. The SMILES string of the molecule is CC1C(COC(O)c2ccc[te]2)OC(OC2c3cc4c(cc3CC3C(=O)OCC32)OCO4)C1O.COc1cccc(OC)c1O. The molecule has 12 nitrogen and oxygen atoms in total. The molecule has 7 rings (SSSR count). The van der Waals surface area contributed by atoms with Crippen LogP contribution in [0.4, 0.5) is 0 Å². The van der Waals surface area contributed by atoms with Crippen LogP contribution in [-0.4, -0.2) is 94.4 Å². The molecule has 2 saturated heterocycles. The number of carbonyl (C=O) groups excluding carboxylic acids is 1. The van der Waals surface area contributed by atoms with Gasteiger partial charge in [0.1, 0.15) is 0 Å². The van der Waals surface area contributed by atoms with E-state index in [4.69, 9.17) is 37.9 Å². The van der Waals surface area contributed by atoms with Gasteiger partial charge in [0.25, 0.3) is 0 Å². The van der Waals surface area contributed by atoms with E-state index in [1.807, 2.05) is 31.2 Å². The molecule has 2 aromatic carbocycles. The number of para-hydroxylation sites is 1. The van der Waals surface area contributed by atoms with Gasteiger partial charge in [0.15, 0.2) is 17.2 Å². The molecule has 0 saturated carbocycles. The van der Waals surface area contributed by atoms with Crippen LogP contribution >= 0.6 is 0 Å². The summed E-state index contributed by atoms with van der Waals surface area (Å²) in [5.74, 6) is 1.17. The van der Waals surface area contributed by atoms with Crippen LogP contribution in [0.3, 0.4) is 0 Å². The van der Waals surface area contributed by atoms with Gasteiger partial charge >= 0.3 is 180 Å². The average Bonchev–Trinajstić information content (AvgIpc) is 3.86. The maximum absolute atomic E-state index is 12.4. The van der Waals surface area contributed by atoms with Crippen LogP contribution in [0, 0.1) is 17.8 Å². The Hall–Kier alpha value is -3.02. The minimum Gasteiger partial charge on any atom is -0.502 e. The van der Waals surface area contributed by atoms with Gasteiger partial charge in [-0.05, 0) is 12.1 Å². The summed E-state index contributed by atoms with van der Waals surface area (Å²) < 4.78 is 47.3. The molecule has 8 unspecified atom stereocenters. The summed E-state index contributed by atoms with van der Waals surface area (Å²) in [6.45, 7) is 2.42. The molecule has 0 amide bonds. The summed E-state index contributed by atoms with van der Waals surface area (Å²) in [5, 5.41) is 30.5. The van der Waals surface area contributed by atoms with E-state index in [0.717, 1.165) is 14.7 Å². The zero-order valence-electron chi connectivity index (χ0n) is 25.0. The molecule has 3 aromatic rings. The predicted molar refractivity (Wildman–Crippen MR) is 157 cm³/mol. The monoisotopic (exact) mass is 742 g/mol. The Morgan fingerprint density at radius 1 is 1.04 bits per heavy atom. The molecule has 0 bridgehead atoms. The molecule has 0 spiro atoms. The van der Waals surface area contributed by atoms with Crippen molar-refractivity contribution in [1.82, 2.24) is 0 Å². The van der Waals surface area contributed by atoms with Gasteiger partial charge < -0.3 is 24.1 Å². The topological polar surface area (TPSA) is 152 Å². The molecule has 2 fully saturated rings. The molecular weight excluding hydrogens is 704 g/mol. The second-order valence-electron chi connectivity index (χ2n) is 11.2. The Balaban J connectivity index is 0.000000276. The van der Waals surface area contributed by atoms with Crippen LogP contribution in [0.15, 0.2) is 46.5 Å². The van der Waals surface area contributed by atoms with Gasteiger partial charge in [-0.3, -0.25) is 4.79 Å². The van der Waals surface area contributed by atoms with Crippen LogP contribution in [-0.2, 0) is 30.2 Å². The van der Waals surface area contributed by atoms with Gasteiger partial charge in [0.05, 0.1) is 14.2 Å². The fraction of sp³-hybridized carbons (Fsp3) is 0.469. The number of esters is 1. The van der Waals surface area contributed by atoms with Gasteiger partial charge in [-0.25, -0.2) is 0 Å². The average molecular weight is 740 g/mol. The van der Waals surface area contributed by atoms with Crippen molar-refractivity contribution in [3.63, 3.8) is 0 Å². The molecule has 4 heterocycles. The van der Waals surface area contributed by atoms with E-state index >= 15 is 0 Å². The van der Waals surface area contributed by atoms with Gasteiger partial charge in [0.2, 0.25) is 12.5 Å². The number of methoxy groups -OCH3 is 2. The first-order valence-corrected chi connectivity index (χ1v) is 17.1. The first-order valence-electron chi connectivity index (χ1n) is 14.6. The molecule has 4 aliphatic rings. The van der Waals surface area contributed by atoms with Crippen molar-refractivity contribution in [2.24, 2.45) is 17.8 Å². The number of fused-ring (bicyclic) bond motifs is 3. The predicted octanol–water partition coefficient (Wildman–Crippen LogP) is 2.71. The maximum atomic E-state index is 12.4. The van der Waals surface area contributed by atoms with Crippen molar-refractivity contribution >= 4 is 26.4 Å². The van der Waals surface area contributed by atoms with Crippen molar-refractivity contribution in [3.8, 4) is 28.7 Å². The quantitative estimate of drug-likeness (QED) is 0.177. The second-order valence-corrected chi connectivity index (χ2v) is 14.0. The van der Waals surface area contributed by atoms with E-state index in [9.17, 15) is 20.1 Å². The van der Waals surface area contributed by atoms with Crippen LogP contribution in [0.5, 0.6) is 28.7 Å². The standard InChI is InChI=1S/C24H26O9Te.C8H10O3/c1-11-18(9-29-23(27)19-3-2-4-34-19)32-24(20(11)25)33-21-13-7-17-16(30-10-31-17)6-12(13)5-14-15(21)8-28-22(14)26;1-10-6-4-3-5-7(11-2)8(6)9/h2-4,6-7,11,14-15,18,20-21,23-25,27H,5,8-10H2,1H3;3-5,9H,1-2H3. The van der Waals surface area contributed by atoms with Gasteiger partial charge in [-0.1, -0.05) is 6.07 Å². The Morgan fingerprint density at radius 2 is 1.78 bits per heavy atom. The summed E-state index contributed by atoms with van der Waals surface area (Å²) in [5.41, 5.74) is 1.84. The molecular formula is C32H36O12Te. The molecule has 0 radical (unpaired) electrons. The van der Waals surface area contributed by atoms with E-state index in [1.165, 1.54) is 14.2 Å². The number of cyclic esters (lactones) is 1. The van der Waals surface area contributed by atoms with E-state index in [2.05, 4.69) is 4.08 Å². The number of phenolic OH excluding ortho intramolecular Hbond substituents is 1. The van der Waals surface area contributed by atoms with Crippen LogP contribution in [0.1, 0.15) is 34.0 Å². The molecule has 242 valence electrons. The summed E-state index contributed by atoms with van der Waals surface area (Å²) >= 11 is -0.516. The molecule has 45 heavy (non-hydrogen) atoms. The normalized spacial score (nSPS) is 28.4. The second kappa shape index (κ2) is 13.8. The first-order chi connectivity index (χ1) is 21.8. The van der Waals surface area contributed by atoms with Crippen LogP contribution in [0.2, 0.25) is 0 Å². The van der Waals surface area contributed by atoms with Gasteiger partial charge in [-0.15, -0.1) is 0 Å². The van der Waals surface area contributed by atoms with Crippen molar-refractivity contribution < 1.29 is 58.0 Å². The Bertz CT molecular complexity index is 1460. The molecule has 3 N–H and O–H groups in total. The number of hydrogen-bond donors (Lipinski definition) is 3. The van der Waals surface area contributed by atoms with Crippen molar-refractivity contribution in [3.05, 3.63) is 61.3 Å². The first kappa shape index (κ1) is 31.9. The Labute approximate surface area is 269 Å². The van der Waals surface area contributed by atoms with Crippen LogP contribution < -0.4 is 18.9 Å². The number of hydrogen-bond acceptors (Lipinski definition) is 12. The zero-order chi connectivity index (χ0) is 31.7.